The minimum absolute atomic E-state index is 0.00648. The zero-order valence-corrected chi connectivity index (χ0v) is 11.4. The monoisotopic (exact) mass is 250 g/mol. The molecule has 0 aliphatic carbocycles. The van der Waals surface area contributed by atoms with Crippen LogP contribution in [0.5, 0.6) is 0 Å². The molecule has 0 spiro atoms. The van der Waals surface area contributed by atoms with Gasteiger partial charge in [0.15, 0.2) is 0 Å². The Morgan fingerprint density at radius 2 is 2.17 bits per heavy atom. The molecule has 0 radical (unpaired) electrons. The van der Waals surface area contributed by atoms with Gasteiger partial charge in [-0.3, -0.25) is 9.48 Å². The Kier molecular flexibility index (Phi) is 4.01. The van der Waals surface area contributed by atoms with Gasteiger partial charge in [0.1, 0.15) is 5.69 Å². The van der Waals surface area contributed by atoms with E-state index < -0.39 is 0 Å². The molecule has 1 aliphatic heterocycles. The van der Waals surface area contributed by atoms with Crippen molar-refractivity contribution in [3.63, 3.8) is 0 Å². The molecule has 0 bridgehead atoms. The highest BCUT2D eigenvalue weighted by atomic mass is 16.2. The van der Waals surface area contributed by atoms with Crippen LogP contribution in [0, 0.1) is 6.92 Å². The smallest absolute Gasteiger partial charge is 0.269 e. The molecule has 2 heterocycles. The number of aromatic nitrogens is 2. The van der Waals surface area contributed by atoms with Crippen molar-refractivity contribution in [1.82, 2.24) is 20.0 Å². The minimum atomic E-state index is 0.00648. The Balaban J connectivity index is 1.99. The number of piperidine rings is 1. The number of likely N-dealkylation sites (tertiary alicyclic amines) is 1. The second-order valence-corrected chi connectivity index (χ2v) is 5.04. The van der Waals surface area contributed by atoms with Crippen molar-refractivity contribution >= 4 is 5.91 Å². The first-order valence-electron chi connectivity index (χ1n) is 6.64. The van der Waals surface area contributed by atoms with Crippen molar-refractivity contribution in [2.24, 2.45) is 0 Å². The van der Waals surface area contributed by atoms with E-state index in [-0.39, 0.29) is 5.91 Å². The molecule has 1 aromatic rings. The van der Waals surface area contributed by atoms with E-state index in [2.05, 4.69) is 22.4 Å². The Bertz CT molecular complexity index is 419. The average Bonchev–Trinajstić information content (AvgIpc) is 2.73. The van der Waals surface area contributed by atoms with E-state index in [1.165, 1.54) is 0 Å². The summed E-state index contributed by atoms with van der Waals surface area (Å²) in [7, 11) is 2.12. The maximum absolute atomic E-state index is 12.2. The number of hydrogen-bond donors (Lipinski definition) is 1. The fourth-order valence-corrected chi connectivity index (χ4v) is 2.38. The molecule has 5 nitrogen and oxygen atoms in total. The molecule has 0 atom stereocenters. The topological polar surface area (TPSA) is 50.2 Å². The lowest BCUT2D eigenvalue weighted by Crippen LogP contribution is -2.43. The average molecular weight is 250 g/mol. The van der Waals surface area contributed by atoms with Gasteiger partial charge in [0.25, 0.3) is 5.91 Å². The van der Waals surface area contributed by atoms with Crippen LogP contribution in [0.4, 0.5) is 0 Å². The zero-order chi connectivity index (χ0) is 13.1. The van der Waals surface area contributed by atoms with Crippen molar-refractivity contribution in [1.29, 1.82) is 0 Å². The molecule has 100 valence electrons. The summed E-state index contributed by atoms with van der Waals surface area (Å²) in [5, 5.41) is 7.42. The third-order valence-corrected chi connectivity index (χ3v) is 3.49. The summed E-state index contributed by atoms with van der Waals surface area (Å²) >= 11 is 0. The van der Waals surface area contributed by atoms with Crippen LogP contribution in [0.3, 0.4) is 0 Å². The fraction of sp³-hybridized carbons (Fsp3) is 0.692. The maximum Gasteiger partial charge on any atom is 0.269 e. The largest absolute Gasteiger partial charge is 0.348 e. The molecule has 2 rings (SSSR count). The van der Waals surface area contributed by atoms with Crippen LogP contribution in [0.1, 0.15) is 35.9 Å². The number of amides is 1. The van der Waals surface area contributed by atoms with Gasteiger partial charge in [-0.25, -0.2) is 0 Å². The summed E-state index contributed by atoms with van der Waals surface area (Å²) in [6, 6.07) is 2.16. The number of hydrogen-bond acceptors (Lipinski definition) is 3. The molecule has 1 aromatic heterocycles. The third kappa shape index (κ3) is 2.90. The van der Waals surface area contributed by atoms with Gasteiger partial charge in [0.05, 0.1) is 5.69 Å². The van der Waals surface area contributed by atoms with Crippen LogP contribution in [0.25, 0.3) is 0 Å². The van der Waals surface area contributed by atoms with Gasteiger partial charge in [-0.05, 0) is 52.9 Å². The summed E-state index contributed by atoms with van der Waals surface area (Å²) in [4.78, 5) is 14.5. The number of nitrogens with one attached hydrogen (secondary N) is 1. The van der Waals surface area contributed by atoms with Crippen molar-refractivity contribution in [3.8, 4) is 0 Å². The normalized spacial score (nSPS) is 17.9. The summed E-state index contributed by atoms with van der Waals surface area (Å²) in [5.74, 6) is 0.00648. The maximum atomic E-state index is 12.2. The van der Waals surface area contributed by atoms with E-state index in [0.717, 1.165) is 38.2 Å². The third-order valence-electron chi connectivity index (χ3n) is 3.49. The van der Waals surface area contributed by atoms with Gasteiger partial charge in [0, 0.05) is 12.6 Å². The van der Waals surface area contributed by atoms with Crippen LogP contribution in [0.2, 0.25) is 0 Å². The Hall–Kier alpha value is -1.36. The van der Waals surface area contributed by atoms with Crippen LogP contribution < -0.4 is 5.32 Å². The SMILES string of the molecule is CCn1nc(C)cc1C(=O)NC1CCN(C)CC1. The van der Waals surface area contributed by atoms with Gasteiger partial charge < -0.3 is 10.2 Å². The molecular formula is C13H22N4O. The molecule has 5 heteroatoms. The van der Waals surface area contributed by atoms with E-state index in [1.54, 1.807) is 4.68 Å². The number of nitrogens with zero attached hydrogens (tertiary/aromatic N) is 3. The quantitative estimate of drug-likeness (QED) is 0.872. The van der Waals surface area contributed by atoms with E-state index in [0.29, 0.717) is 11.7 Å². The standard InChI is InChI=1S/C13H22N4O/c1-4-17-12(9-10(2)15-17)13(18)14-11-5-7-16(3)8-6-11/h9,11H,4-8H2,1-3H3,(H,14,18). The molecule has 18 heavy (non-hydrogen) atoms. The molecule has 0 unspecified atom stereocenters. The van der Waals surface area contributed by atoms with Crippen LogP contribution >= 0.6 is 0 Å². The first-order chi connectivity index (χ1) is 8.60. The van der Waals surface area contributed by atoms with E-state index in [4.69, 9.17) is 0 Å². The van der Waals surface area contributed by atoms with Gasteiger partial charge in [-0.2, -0.15) is 5.10 Å². The lowest BCUT2D eigenvalue weighted by Gasteiger charge is -2.29. The van der Waals surface area contributed by atoms with E-state index in [9.17, 15) is 4.79 Å². The Morgan fingerprint density at radius 3 is 2.78 bits per heavy atom. The van der Waals surface area contributed by atoms with Crippen LogP contribution in [-0.2, 0) is 6.54 Å². The van der Waals surface area contributed by atoms with Gasteiger partial charge in [-0.1, -0.05) is 0 Å². The summed E-state index contributed by atoms with van der Waals surface area (Å²) in [6.07, 6.45) is 2.06. The highest BCUT2D eigenvalue weighted by molar-refractivity contribution is 5.92. The Morgan fingerprint density at radius 1 is 1.50 bits per heavy atom. The lowest BCUT2D eigenvalue weighted by atomic mass is 10.1. The van der Waals surface area contributed by atoms with E-state index in [1.807, 2.05) is 19.9 Å². The molecule has 1 aliphatic rings. The van der Waals surface area contributed by atoms with Crippen LogP contribution in [-0.4, -0.2) is 46.8 Å². The highest BCUT2D eigenvalue weighted by Crippen LogP contribution is 2.10. The second-order valence-electron chi connectivity index (χ2n) is 5.04. The molecule has 1 N–H and O–H groups in total. The fourth-order valence-electron chi connectivity index (χ4n) is 2.38. The summed E-state index contributed by atoms with van der Waals surface area (Å²) < 4.78 is 1.76. The molecule has 0 saturated carbocycles. The van der Waals surface area contributed by atoms with Crippen molar-refractivity contribution in [2.45, 2.75) is 39.3 Å². The van der Waals surface area contributed by atoms with Crippen molar-refractivity contribution < 1.29 is 4.79 Å². The predicted molar refractivity (Wildman–Crippen MR) is 70.6 cm³/mol. The van der Waals surface area contributed by atoms with Crippen molar-refractivity contribution in [2.75, 3.05) is 20.1 Å². The second kappa shape index (κ2) is 5.52. The van der Waals surface area contributed by atoms with E-state index >= 15 is 0 Å². The van der Waals surface area contributed by atoms with Gasteiger partial charge in [-0.15, -0.1) is 0 Å². The first-order valence-corrected chi connectivity index (χ1v) is 6.64. The van der Waals surface area contributed by atoms with Crippen LogP contribution in [0.15, 0.2) is 6.07 Å². The molecular weight excluding hydrogens is 228 g/mol. The van der Waals surface area contributed by atoms with Gasteiger partial charge in [0.2, 0.25) is 0 Å². The first kappa shape index (κ1) is 13.1. The summed E-state index contributed by atoms with van der Waals surface area (Å²) in [5.41, 5.74) is 1.57. The zero-order valence-electron chi connectivity index (χ0n) is 11.4. The number of carbonyl (C=O) groups is 1. The lowest BCUT2D eigenvalue weighted by molar-refractivity contribution is 0.0906. The summed E-state index contributed by atoms with van der Waals surface area (Å²) in [6.45, 7) is 6.75. The van der Waals surface area contributed by atoms with Crippen molar-refractivity contribution in [3.05, 3.63) is 17.5 Å². The minimum Gasteiger partial charge on any atom is -0.348 e. The number of aryl methyl sites for hydroxylation is 2. The molecule has 1 fully saturated rings. The number of rotatable bonds is 3. The molecule has 1 saturated heterocycles. The highest BCUT2D eigenvalue weighted by Gasteiger charge is 2.21. The number of carbonyl (C=O) groups excluding carboxylic acids is 1. The molecule has 1 amide bonds. The predicted octanol–water partition coefficient (Wildman–Crippen LogP) is 1.04. The molecule has 0 aromatic carbocycles. The Labute approximate surface area is 108 Å². The van der Waals surface area contributed by atoms with Gasteiger partial charge >= 0.3 is 0 Å².